The first-order chi connectivity index (χ1) is 9.70. The molecule has 0 aliphatic carbocycles. The van der Waals surface area contributed by atoms with Crippen LogP contribution in [0.15, 0.2) is 12.3 Å². The maximum atomic E-state index is 11.7. The number of hydrogen-bond acceptors (Lipinski definition) is 4. The maximum Gasteiger partial charge on any atom is 0.253 e. The van der Waals surface area contributed by atoms with Gasteiger partial charge in [0.1, 0.15) is 11.1 Å². The number of halogens is 1. The van der Waals surface area contributed by atoms with E-state index in [1.54, 1.807) is 0 Å². The molecule has 1 aliphatic heterocycles. The zero-order valence-corrected chi connectivity index (χ0v) is 11.7. The first-order valence-corrected chi connectivity index (χ1v) is 6.70. The molecular weight excluding hydrogens is 280 g/mol. The van der Waals surface area contributed by atoms with Crippen LogP contribution in [0.5, 0.6) is 5.88 Å². The second-order valence-corrected chi connectivity index (χ2v) is 4.73. The summed E-state index contributed by atoms with van der Waals surface area (Å²) in [4.78, 5) is 15.8. The van der Waals surface area contributed by atoms with E-state index in [0.717, 1.165) is 12.8 Å². The smallest absolute Gasteiger partial charge is 0.253 e. The zero-order chi connectivity index (χ0) is 14.4. The predicted molar refractivity (Wildman–Crippen MR) is 74.9 cm³/mol. The summed E-state index contributed by atoms with van der Waals surface area (Å²) in [6.45, 7) is 1.51. The Labute approximate surface area is 122 Å². The highest BCUT2D eigenvalue weighted by Crippen LogP contribution is 2.25. The molecule has 2 rings (SSSR count). The van der Waals surface area contributed by atoms with Crippen LogP contribution in [-0.4, -0.2) is 36.8 Å². The first kappa shape index (κ1) is 14.6. The van der Waals surface area contributed by atoms with Crippen LogP contribution in [0.3, 0.4) is 0 Å². The minimum absolute atomic E-state index is 0.0508. The Hall–Kier alpha value is -1.77. The van der Waals surface area contributed by atoms with Gasteiger partial charge in [-0.25, -0.2) is 4.98 Å². The van der Waals surface area contributed by atoms with Gasteiger partial charge < -0.3 is 14.8 Å². The second-order valence-electron chi connectivity index (χ2n) is 4.33. The summed E-state index contributed by atoms with van der Waals surface area (Å²) < 4.78 is 11.0. The number of nitrogens with one attached hydrogen (secondary N) is 1. The number of pyridine rings is 1. The summed E-state index contributed by atoms with van der Waals surface area (Å²) in [6, 6.07) is 1.52. The molecule has 5 nitrogen and oxygen atoms in total. The molecule has 0 saturated carbocycles. The van der Waals surface area contributed by atoms with Gasteiger partial charge in [0, 0.05) is 19.0 Å². The standard InChI is InChI=1S/C14H15ClN2O3/c1-2-5-16-13(18)10-8-12(15)14(17-9-10)20-11-3-6-19-7-4-11/h1,8-9,11H,3-7H2,(H,16,18). The van der Waals surface area contributed by atoms with Crippen molar-refractivity contribution < 1.29 is 14.3 Å². The molecule has 1 amide bonds. The normalized spacial score (nSPS) is 15.4. The molecule has 0 radical (unpaired) electrons. The molecule has 1 fully saturated rings. The van der Waals surface area contributed by atoms with Gasteiger partial charge in [-0.15, -0.1) is 6.42 Å². The number of carbonyl (C=O) groups is 1. The fourth-order valence-electron chi connectivity index (χ4n) is 1.82. The molecule has 1 N–H and O–H groups in total. The number of terminal acetylenes is 1. The Bertz CT molecular complexity index is 522. The van der Waals surface area contributed by atoms with Gasteiger partial charge >= 0.3 is 0 Å². The summed E-state index contributed by atoms with van der Waals surface area (Å²) in [5.74, 6) is 2.36. The minimum atomic E-state index is -0.310. The fourth-order valence-corrected chi connectivity index (χ4v) is 2.03. The summed E-state index contributed by atoms with van der Waals surface area (Å²) in [5, 5.41) is 2.86. The van der Waals surface area contributed by atoms with E-state index >= 15 is 0 Å². The van der Waals surface area contributed by atoms with Crippen molar-refractivity contribution in [1.82, 2.24) is 10.3 Å². The average molecular weight is 295 g/mol. The Morgan fingerprint density at radius 2 is 2.35 bits per heavy atom. The van der Waals surface area contributed by atoms with Crippen molar-refractivity contribution in [2.75, 3.05) is 19.8 Å². The van der Waals surface area contributed by atoms with Crippen LogP contribution in [0.25, 0.3) is 0 Å². The van der Waals surface area contributed by atoms with Crippen molar-refractivity contribution in [1.29, 1.82) is 0 Å². The highest BCUT2D eigenvalue weighted by atomic mass is 35.5. The molecule has 0 spiro atoms. The van der Waals surface area contributed by atoms with E-state index in [9.17, 15) is 4.79 Å². The average Bonchev–Trinajstić information content (AvgIpc) is 2.48. The largest absolute Gasteiger partial charge is 0.473 e. The highest BCUT2D eigenvalue weighted by molar-refractivity contribution is 6.32. The molecule has 2 heterocycles. The molecule has 0 atom stereocenters. The number of rotatable bonds is 4. The van der Waals surface area contributed by atoms with Gasteiger partial charge in [0.25, 0.3) is 5.91 Å². The van der Waals surface area contributed by atoms with Gasteiger partial charge in [0.2, 0.25) is 5.88 Å². The zero-order valence-electron chi connectivity index (χ0n) is 10.9. The SMILES string of the molecule is C#CCNC(=O)c1cnc(OC2CCOCC2)c(Cl)c1. The molecule has 0 unspecified atom stereocenters. The molecule has 0 aromatic carbocycles. The van der Waals surface area contributed by atoms with Crippen molar-refractivity contribution in [3.05, 3.63) is 22.8 Å². The fraction of sp³-hybridized carbons (Fsp3) is 0.429. The van der Waals surface area contributed by atoms with Gasteiger partial charge in [-0.3, -0.25) is 4.79 Å². The molecular formula is C14H15ClN2O3. The first-order valence-electron chi connectivity index (χ1n) is 6.32. The van der Waals surface area contributed by atoms with Gasteiger partial charge in [-0.1, -0.05) is 17.5 Å². The number of ether oxygens (including phenoxy) is 2. The third-order valence-electron chi connectivity index (χ3n) is 2.87. The molecule has 6 heteroatoms. The third-order valence-corrected chi connectivity index (χ3v) is 3.14. The van der Waals surface area contributed by atoms with E-state index in [-0.39, 0.29) is 18.6 Å². The van der Waals surface area contributed by atoms with Crippen LogP contribution in [0, 0.1) is 12.3 Å². The second kappa shape index (κ2) is 7.13. The van der Waals surface area contributed by atoms with E-state index in [1.807, 2.05) is 0 Å². The number of nitrogens with zero attached hydrogens (tertiary/aromatic N) is 1. The molecule has 1 aromatic heterocycles. The lowest BCUT2D eigenvalue weighted by molar-refractivity contribution is 0.0238. The van der Waals surface area contributed by atoms with Crippen LogP contribution in [-0.2, 0) is 4.74 Å². The van der Waals surface area contributed by atoms with Crippen LogP contribution in [0.1, 0.15) is 23.2 Å². The minimum Gasteiger partial charge on any atom is -0.473 e. The van der Waals surface area contributed by atoms with E-state index in [1.165, 1.54) is 12.3 Å². The van der Waals surface area contributed by atoms with Gasteiger partial charge in [-0.2, -0.15) is 0 Å². The Morgan fingerprint density at radius 1 is 1.60 bits per heavy atom. The summed E-state index contributed by atoms with van der Waals surface area (Å²) in [7, 11) is 0. The molecule has 1 aliphatic rings. The van der Waals surface area contributed by atoms with E-state index in [2.05, 4.69) is 16.2 Å². The van der Waals surface area contributed by atoms with Crippen LogP contribution in [0.2, 0.25) is 5.02 Å². The summed E-state index contributed by atoms with van der Waals surface area (Å²) in [6.07, 6.45) is 8.17. The molecule has 106 valence electrons. The molecule has 1 saturated heterocycles. The van der Waals surface area contributed by atoms with Crippen molar-refractivity contribution in [3.8, 4) is 18.2 Å². The quantitative estimate of drug-likeness (QED) is 0.858. The maximum absolute atomic E-state index is 11.7. The lowest BCUT2D eigenvalue weighted by Gasteiger charge is -2.23. The Morgan fingerprint density at radius 3 is 3.00 bits per heavy atom. The molecule has 1 aromatic rings. The topological polar surface area (TPSA) is 60.5 Å². The molecule has 20 heavy (non-hydrogen) atoms. The van der Waals surface area contributed by atoms with E-state index in [4.69, 9.17) is 27.5 Å². The van der Waals surface area contributed by atoms with E-state index < -0.39 is 0 Å². The highest BCUT2D eigenvalue weighted by Gasteiger charge is 2.18. The number of hydrogen-bond donors (Lipinski definition) is 1. The molecule has 0 bridgehead atoms. The van der Waals surface area contributed by atoms with Crippen LogP contribution >= 0.6 is 11.6 Å². The van der Waals surface area contributed by atoms with Crippen LogP contribution in [0.4, 0.5) is 0 Å². The summed E-state index contributed by atoms with van der Waals surface area (Å²) >= 11 is 6.09. The lowest BCUT2D eigenvalue weighted by Crippen LogP contribution is -2.26. The Balaban J connectivity index is 2.01. The predicted octanol–water partition coefficient (Wildman–Crippen LogP) is 1.66. The van der Waals surface area contributed by atoms with Crippen molar-refractivity contribution in [2.24, 2.45) is 0 Å². The Kier molecular flexibility index (Phi) is 5.22. The number of amides is 1. The number of aromatic nitrogens is 1. The monoisotopic (exact) mass is 294 g/mol. The van der Waals surface area contributed by atoms with Crippen LogP contribution < -0.4 is 10.1 Å². The van der Waals surface area contributed by atoms with E-state index in [0.29, 0.717) is 29.7 Å². The van der Waals surface area contributed by atoms with Gasteiger partial charge in [-0.05, 0) is 6.07 Å². The van der Waals surface area contributed by atoms with Crippen molar-refractivity contribution in [2.45, 2.75) is 18.9 Å². The number of carbonyl (C=O) groups excluding carboxylic acids is 1. The summed E-state index contributed by atoms with van der Waals surface area (Å²) in [5.41, 5.74) is 0.351. The van der Waals surface area contributed by atoms with Gasteiger partial charge in [0.15, 0.2) is 0 Å². The third kappa shape index (κ3) is 3.86. The lowest BCUT2D eigenvalue weighted by atomic mass is 10.1. The van der Waals surface area contributed by atoms with Crippen molar-refractivity contribution in [3.63, 3.8) is 0 Å². The van der Waals surface area contributed by atoms with Gasteiger partial charge in [0.05, 0.1) is 25.3 Å². The van der Waals surface area contributed by atoms with Crippen molar-refractivity contribution >= 4 is 17.5 Å².